The van der Waals surface area contributed by atoms with Crippen LogP contribution in [0.1, 0.15) is 31.9 Å². The second-order valence-corrected chi connectivity index (χ2v) is 8.59. The molecule has 0 aromatic heterocycles. The standard InChI is InChI=1S/C13H15Br2NO/c1-9(10-6-4-3-5-7-10)16-11(17)12(2)8-13(12,14)15/h3-7,9H,8H2,1-2H3,(H,16,17)/t9-,12-/m1/s1. The highest BCUT2D eigenvalue weighted by Gasteiger charge is 2.66. The minimum atomic E-state index is -0.351. The second kappa shape index (κ2) is 4.39. The molecule has 0 saturated heterocycles. The van der Waals surface area contributed by atoms with Crippen molar-refractivity contribution in [1.29, 1.82) is 0 Å². The first-order valence-corrected chi connectivity index (χ1v) is 7.19. The van der Waals surface area contributed by atoms with E-state index < -0.39 is 0 Å². The monoisotopic (exact) mass is 359 g/mol. The molecule has 0 radical (unpaired) electrons. The van der Waals surface area contributed by atoms with E-state index in [-0.39, 0.29) is 20.6 Å². The molecule has 1 amide bonds. The number of alkyl halides is 2. The fraction of sp³-hybridized carbons (Fsp3) is 0.462. The summed E-state index contributed by atoms with van der Waals surface area (Å²) < 4.78 is -0.229. The summed E-state index contributed by atoms with van der Waals surface area (Å²) in [4.78, 5) is 12.2. The van der Waals surface area contributed by atoms with E-state index in [1.165, 1.54) is 0 Å². The van der Waals surface area contributed by atoms with E-state index in [2.05, 4.69) is 37.2 Å². The van der Waals surface area contributed by atoms with Crippen molar-refractivity contribution in [2.24, 2.45) is 5.41 Å². The van der Waals surface area contributed by atoms with Gasteiger partial charge >= 0.3 is 0 Å². The maximum Gasteiger partial charge on any atom is 0.228 e. The summed E-state index contributed by atoms with van der Waals surface area (Å²) >= 11 is 7.02. The molecule has 4 heteroatoms. The van der Waals surface area contributed by atoms with Crippen LogP contribution in [-0.2, 0) is 4.79 Å². The molecule has 0 heterocycles. The minimum Gasteiger partial charge on any atom is -0.349 e. The maximum atomic E-state index is 12.2. The molecule has 92 valence electrons. The van der Waals surface area contributed by atoms with E-state index in [4.69, 9.17) is 0 Å². The largest absolute Gasteiger partial charge is 0.349 e. The molecule has 1 aliphatic carbocycles. The van der Waals surface area contributed by atoms with E-state index in [1.54, 1.807) is 0 Å². The number of hydrogen-bond acceptors (Lipinski definition) is 1. The Balaban J connectivity index is 2.01. The van der Waals surface area contributed by atoms with Crippen molar-refractivity contribution in [2.75, 3.05) is 0 Å². The molecule has 0 unspecified atom stereocenters. The molecular formula is C13H15Br2NO. The molecule has 1 fully saturated rings. The molecule has 0 aliphatic heterocycles. The Kier molecular flexibility index (Phi) is 3.38. The smallest absolute Gasteiger partial charge is 0.228 e. The molecule has 1 aromatic carbocycles. The summed E-state index contributed by atoms with van der Waals surface area (Å²) in [6, 6.07) is 10.0. The van der Waals surface area contributed by atoms with Crippen molar-refractivity contribution in [1.82, 2.24) is 5.32 Å². The van der Waals surface area contributed by atoms with Gasteiger partial charge in [0.15, 0.2) is 0 Å². The number of nitrogens with one attached hydrogen (secondary N) is 1. The summed E-state index contributed by atoms with van der Waals surface area (Å²) in [5, 5.41) is 3.06. The van der Waals surface area contributed by atoms with Crippen molar-refractivity contribution in [3.63, 3.8) is 0 Å². The number of carbonyl (C=O) groups excluding carboxylic acids is 1. The number of rotatable bonds is 3. The normalized spacial score (nSPS) is 27.3. The van der Waals surface area contributed by atoms with Gasteiger partial charge in [0.2, 0.25) is 5.91 Å². The lowest BCUT2D eigenvalue weighted by molar-refractivity contribution is -0.126. The van der Waals surface area contributed by atoms with Crippen LogP contribution >= 0.6 is 31.9 Å². The van der Waals surface area contributed by atoms with Gasteiger partial charge in [-0.3, -0.25) is 4.79 Å². The van der Waals surface area contributed by atoms with Crippen molar-refractivity contribution in [3.05, 3.63) is 35.9 Å². The van der Waals surface area contributed by atoms with Crippen molar-refractivity contribution >= 4 is 37.8 Å². The third-order valence-electron chi connectivity index (χ3n) is 3.41. The van der Waals surface area contributed by atoms with Gasteiger partial charge in [0.25, 0.3) is 0 Å². The highest BCUT2D eigenvalue weighted by atomic mass is 79.9. The van der Waals surface area contributed by atoms with Gasteiger partial charge < -0.3 is 5.32 Å². The Morgan fingerprint density at radius 2 is 1.88 bits per heavy atom. The molecule has 2 rings (SSSR count). The number of halogens is 2. The predicted octanol–water partition coefficient (Wildman–Crippen LogP) is 3.76. The second-order valence-electron chi connectivity index (χ2n) is 4.82. The highest BCUT2D eigenvalue weighted by Crippen LogP contribution is 2.66. The van der Waals surface area contributed by atoms with Crippen LogP contribution in [0.3, 0.4) is 0 Å². The van der Waals surface area contributed by atoms with E-state index in [1.807, 2.05) is 44.2 Å². The SMILES string of the molecule is C[C@@H](NC(=O)[C@@]1(C)CC1(Br)Br)c1ccccc1. The van der Waals surface area contributed by atoms with E-state index in [0.717, 1.165) is 12.0 Å². The molecule has 17 heavy (non-hydrogen) atoms. The van der Waals surface area contributed by atoms with Crippen LogP contribution in [0.2, 0.25) is 0 Å². The van der Waals surface area contributed by atoms with Gasteiger partial charge in [-0.2, -0.15) is 0 Å². The lowest BCUT2D eigenvalue weighted by Gasteiger charge is -2.18. The van der Waals surface area contributed by atoms with Crippen molar-refractivity contribution in [2.45, 2.75) is 29.5 Å². The molecule has 0 spiro atoms. The van der Waals surface area contributed by atoms with E-state index in [9.17, 15) is 4.79 Å². The van der Waals surface area contributed by atoms with E-state index >= 15 is 0 Å². The van der Waals surface area contributed by atoms with Gasteiger partial charge in [0.1, 0.15) is 0 Å². The average molecular weight is 361 g/mol. The van der Waals surface area contributed by atoms with Crippen LogP contribution in [-0.4, -0.2) is 9.14 Å². The fourth-order valence-electron chi connectivity index (χ4n) is 1.83. The minimum absolute atomic E-state index is 0.0388. The molecule has 2 nitrogen and oxygen atoms in total. The Morgan fingerprint density at radius 1 is 1.35 bits per heavy atom. The van der Waals surface area contributed by atoms with Crippen molar-refractivity contribution < 1.29 is 4.79 Å². The van der Waals surface area contributed by atoms with Crippen LogP contribution in [0.15, 0.2) is 30.3 Å². The Morgan fingerprint density at radius 3 is 2.35 bits per heavy atom. The van der Waals surface area contributed by atoms with Crippen molar-refractivity contribution in [3.8, 4) is 0 Å². The quantitative estimate of drug-likeness (QED) is 0.817. The summed E-state index contributed by atoms with van der Waals surface area (Å²) in [6.45, 7) is 3.96. The first kappa shape index (κ1) is 13.1. The van der Waals surface area contributed by atoms with Gasteiger partial charge in [0.05, 0.1) is 14.7 Å². The van der Waals surface area contributed by atoms with Crippen LogP contribution in [0, 0.1) is 5.41 Å². The Hall–Kier alpha value is -0.350. The molecule has 1 aliphatic rings. The first-order valence-electron chi connectivity index (χ1n) is 5.60. The van der Waals surface area contributed by atoms with Gasteiger partial charge in [-0.25, -0.2) is 0 Å². The fourth-order valence-corrected chi connectivity index (χ4v) is 3.31. The van der Waals surface area contributed by atoms with Crippen LogP contribution in [0.4, 0.5) is 0 Å². The van der Waals surface area contributed by atoms with Gasteiger partial charge in [-0.1, -0.05) is 62.2 Å². The topological polar surface area (TPSA) is 29.1 Å². The number of carbonyl (C=O) groups is 1. The molecule has 1 saturated carbocycles. The number of benzene rings is 1. The highest BCUT2D eigenvalue weighted by molar-refractivity contribution is 9.25. The van der Waals surface area contributed by atoms with Gasteiger partial charge in [-0.05, 0) is 25.8 Å². The summed E-state index contributed by atoms with van der Waals surface area (Å²) in [5.41, 5.74) is 0.774. The Bertz CT molecular complexity index is 432. The third-order valence-corrected chi connectivity index (χ3v) is 5.72. The summed E-state index contributed by atoms with van der Waals surface area (Å²) in [6.07, 6.45) is 0.813. The lowest BCUT2D eigenvalue weighted by atomic mass is 10.1. The van der Waals surface area contributed by atoms with Crippen LogP contribution < -0.4 is 5.32 Å². The first-order chi connectivity index (χ1) is 7.87. The summed E-state index contributed by atoms with van der Waals surface area (Å²) in [5.74, 6) is 0.0857. The molecular weight excluding hydrogens is 346 g/mol. The zero-order valence-electron chi connectivity index (χ0n) is 9.84. The van der Waals surface area contributed by atoms with Gasteiger partial charge in [-0.15, -0.1) is 0 Å². The maximum absolute atomic E-state index is 12.2. The molecule has 0 bridgehead atoms. The Labute approximate surface area is 118 Å². The zero-order valence-corrected chi connectivity index (χ0v) is 13.0. The van der Waals surface area contributed by atoms with Crippen LogP contribution in [0.25, 0.3) is 0 Å². The lowest BCUT2D eigenvalue weighted by Crippen LogP contribution is -2.34. The molecule has 2 atom stereocenters. The van der Waals surface area contributed by atoms with Gasteiger partial charge in [0, 0.05) is 0 Å². The third kappa shape index (κ3) is 2.43. The predicted molar refractivity (Wildman–Crippen MR) is 76.3 cm³/mol. The number of amides is 1. The molecule has 1 aromatic rings. The van der Waals surface area contributed by atoms with E-state index in [0.29, 0.717) is 0 Å². The number of hydrogen-bond donors (Lipinski definition) is 1. The average Bonchev–Trinajstić information content (AvgIpc) is 2.81. The summed E-state index contributed by atoms with van der Waals surface area (Å²) in [7, 11) is 0. The zero-order chi connectivity index (χ0) is 12.7. The molecule has 1 N–H and O–H groups in total. The van der Waals surface area contributed by atoms with Crippen LogP contribution in [0.5, 0.6) is 0 Å².